The SMILES string of the molecule is COC(=O)C1=C(N)OC2=C(C(=O)CC(c3ccccc3)C2)C1c1ccc(F)cc1. The van der Waals surface area contributed by atoms with Crippen LogP contribution in [0.1, 0.15) is 35.8 Å². The van der Waals surface area contributed by atoms with E-state index in [2.05, 4.69) is 0 Å². The number of methoxy groups -OCH3 is 1. The van der Waals surface area contributed by atoms with Gasteiger partial charge < -0.3 is 15.2 Å². The Morgan fingerprint density at radius 1 is 1.07 bits per heavy atom. The first-order chi connectivity index (χ1) is 14.0. The lowest BCUT2D eigenvalue weighted by Crippen LogP contribution is -2.32. The molecule has 0 spiro atoms. The second-order valence-corrected chi connectivity index (χ2v) is 7.13. The Labute approximate surface area is 167 Å². The summed E-state index contributed by atoms with van der Waals surface area (Å²) >= 11 is 0. The average Bonchev–Trinajstić information content (AvgIpc) is 2.73. The molecule has 2 unspecified atom stereocenters. The van der Waals surface area contributed by atoms with Gasteiger partial charge in [-0.15, -0.1) is 0 Å². The van der Waals surface area contributed by atoms with Crippen molar-refractivity contribution in [3.05, 3.63) is 94.3 Å². The molecule has 1 aliphatic heterocycles. The van der Waals surface area contributed by atoms with Crippen molar-refractivity contribution in [1.29, 1.82) is 0 Å². The lowest BCUT2D eigenvalue weighted by molar-refractivity contribution is -0.136. The Balaban J connectivity index is 1.81. The maximum Gasteiger partial charge on any atom is 0.340 e. The molecule has 2 aliphatic rings. The Morgan fingerprint density at radius 3 is 2.41 bits per heavy atom. The normalized spacial score (nSPS) is 21.5. The molecule has 5 nitrogen and oxygen atoms in total. The minimum absolute atomic E-state index is 0.0382. The number of halogens is 1. The molecule has 6 heteroatoms. The zero-order valence-corrected chi connectivity index (χ0v) is 15.9. The Morgan fingerprint density at radius 2 is 1.76 bits per heavy atom. The number of carbonyl (C=O) groups excluding carboxylic acids is 2. The minimum atomic E-state index is -0.754. The molecular weight excluding hydrogens is 373 g/mol. The molecule has 2 aromatic carbocycles. The number of ether oxygens (including phenoxy) is 2. The number of hydrogen-bond acceptors (Lipinski definition) is 5. The first-order valence-corrected chi connectivity index (χ1v) is 9.32. The van der Waals surface area contributed by atoms with E-state index in [1.54, 1.807) is 12.1 Å². The fraction of sp³-hybridized carbons (Fsp3) is 0.217. The number of nitrogens with two attached hydrogens (primary N) is 1. The third-order valence-corrected chi connectivity index (χ3v) is 5.42. The molecule has 29 heavy (non-hydrogen) atoms. The van der Waals surface area contributed by atoms with Crippen molar-refractivity contribution in [3.8, 4) is 0 Å². The predicted molar refractivity (Wildman–Crippen MR) is 104 cm³/mol. The largest absolute Gasteiger partial charge is 0.465 e. The Hall–Kier alpha value is -3.41. The van der Waals surface area contributed by atoms with Crippen LogP contribution < -0.4 is 5.73 Å². The summed E-state index contributed by atoms with van der Waals surface area (Å²) in [6, 6.07) is 15.4. The second kappa shape index (κ2) is 7.54. The summed E-state index contributed by atoms with van der Waals surface area (Å²) in [5.74, 6) is -1.64. The van der Waals surface area contributed by atoms with E-state index < -0.39 is 17.7 Å². The fourth-order valence-electron chi connectivity index (χ4n) is 4.07. The average molecular weight is 393 g/mol. The van der Waals surface area contributed by atoms with Gasteiger partial charge in [0.2, 0.25) is 5.88 Å². The third-order valence-electron chi connectivity index (χ3n) is 5.42. The van der Waals surface area contributed by atoms with Crippen LogP contribution in [0.3, 0.4) is 0 Å². The Bertz CT molecular complexity index is 1020. The summed E-state index contributed by atoms with van der Waals surface area (Å²) in [5, 5.41) is 0. The number of carbonyl (C=O) groups is 2. The molecule has 0 aromatic heterocycles. The third kappa shape index (κ3) is 3.42. The molecule has 1 aliphatic carbocycles. The van der Waals surface area contributed by atoms with Crippen LogP contribution in [-0.4, -0.2) is 18.9 Å². The Kier molecular flexibility index (Phi) is 4.92. The van der Waals surface area contributed by atoms with Crippen molar-refractivity contribution < 1.29 is 23.5 Å². The van der Waals surface area contributed by atoms with Crippen molar-refractivity contribution in [1.82, 2.24) is 0 Å². The highest BCUT2D eigenvalue weighted by atomic mass is 19.1. The zero-order valence-electron chi connectivity index (χ0n) is 15.9. The zero-order chi connectivity index (χ0) is 20.5. The van der Waals surface area contributed by atoms with Gasteiger partial charge in [-0.2, -0.15) is 0 Å². The van der Waals surface area contributed by atoms with Gasteiger partial charge in [0.15, 0.2) is 5.78 Å². The number of benzene rings is 2. The van der Waals surface area contributed by atoms with Crippen molar-refractivity contribution in [2.45, 2.75) is 24.7 Å². The minimum Gasteiger partial charge on any atom is -0.465 e. The molecule has 0 amide bonds. The number of hydrogen-bond donors (Lipinski definition) is 1. The maximum atomic E-state index is 13.5. The van der Waals surface area contributed by atoms with Crippen molar-refractivity contribution >= 4 is 11.8 Å². The number of ketones is 1. The van der Waals surface area contributed by atoms with Crippen LogP contribution in [-0.2, 0) is 19.1 Å². The first-order valence-electron chi connectivity index (χ1n) is 9.32. The van der Waals surface area contributed by atoms with Crippen LogP contribution >= 0.6 is 0 Å². The summed E-state index contributed by atoms with van der Waals surface area (Å²) in [6.45, 7) is 0. The molecule has 148 valence electrons. The van der Waals surface area contributed by atoms with Crippen molar-refractivity contribution in [3.63, 3.8) is 0 Å². The molecule has 0 saturated carbocycles. The molecule has 2 atom stereocenters. The molecular formula is C23H20FNO4. The van der Waals surface area contributed by atoms with Gasteiger partial charge in [0.1, 0.15) is 17.1 Å². The molecule has 0 bridgehead atoms. The van der Waals surface area contributed by atoms with Gasteiger partial charge in [0, 0.05) is 18.4 Å². The van der Waals surface area contributed by atoms with E-state index in [4.69, 9.17) is 15.2 Å². The number of allylic oxidation sites excluding steroid dienone is 2. The van der Waals surface area contributed by atoms with E-state index in [0.717, 1.165) is 5.56 Å². The van der Waals surface area contributed by atoms with E-state index in [0.29, 0.717) is 23.3 Å². The van der Waals surface area contributed by atoms with Crippen LogP contribution in [0.25, 0.3) is 0 Å². The highest BCUT2D eigenvalue weighted by molar-refractivity contribution is 6.03. The molecule has 0 saturated heterocycles. The molecule has 0 fully saturated rings. The summed E-state index contributed by atoms with van der Waals surface area (Å²) < 4.78 is 24.1. The lowest BCUT2D eigenvalue weighted by Gasteiger charge is -2.35. The van der Waals surface area contributed by atoms with E-state index >= 15 is 0 Å². The predicted octanol–water partition coefficient (Wildman–Crippen LogP) is 3.68. The fourth-order valence-corrected chi connectivity index (χ4v) is 4.07. The van der Waals surface area contributed by atoms with Crippen LogP contribution in [0.5, 0.6) is 0 Å². The van der Waals surface area contributed by atoms with E-state index in [1.807, 2.05) is 30.3 Å². The number of rotatable bonds is 3. The van der Waals surface area contributed by atoms with Gasteiger partial charge in [-0.1, -0.05) is 42.5 Å². The van der Waals surface area contributed by atoms with Gasteiger partial charge in [-0.3, -0.25) is 4.79 Å². The summed E-state index contributed by atoms with van der Waals surface area (Å²) in [7, 11) is 1.24. The maximum absolute atomic E-state index is 13.5. The van der Waals surface area contributed by atoms with E-state index in [9.17, 15) is 14.0 Å². The standard InChI is InChI=1S/C23H20FNO4/c1-28-23(27)21-19(14-7-9-16(24)10-8-14)20-17(26)11-15(12-18(20)29-22(21)25)13-5-3-2-4-6-13/h2-10,15,19H,11-12,25H2,1H3. The van der Waals surface area contributed by atoms with Gasteiger partial charge in [0.25, 0.3) is 0 Å². The van der Waals surface area contributed by atoms with Crippen LogP contribution in [0.2, 0.25) is 0 Å². The highest BCUT2D eigenvalue weighted by Gasteiger charge is 2.43. The topological polar surface area (TPSA) is 78.6 Å². The van der Waals surface area contributed by atoms with Crippen LogP contribution in [0.15, 0.2) is 77.4 Å². The monoisotopic (exact) mass is 393 g/mol. The molecule has 2 N–H and O–H groups in total. The van der Waals surface area contributed by atoms with Gasteiger partial charge in [-0.05, 0) is 29.2 Å². The van der Waals surface area contributed by atoms with Gasteiger partial charge in [0.05, 0.1) is 13.0 Å². The summed E-state index contributed by atoms with van der Waals surface area (Å²) in [4.78, 5) is 25.6. The molecule has 1 heterocycles. The van der Waals surface area contributed by atoms with Crippen LogP contribution in [0.4, 0.5) is 4.39 Å². The molecule has 4 rings (SSSR count). The quantitative estimate of drug-likeness (QED) is 0.805. The molecule has 0 radical (unpaired) electrons. The highest BCUT2D eigenvalue weighted by Crippen LogP contribution is 2.47. The van der Waals surface area contributed by atoms with Crippen LogP contribution in [0, 0.1) is 5.82 Å². The van der Waals surface area contributed by atoms with Crippen molar-refractivity contribution in [2.24, 2.45) is 5.73 Å². The molecule has 2 aromatic rings. The summed E-state index contributed by atoms with van der Waals surface area (Å²) in [5.41, 5.74) is 8.15. The number of esters is 1. The van der Waals surface area contributed by atoms with E-state index in [-0.39, 0.29) is 29.6 Å². The van der Waals surface area contributed by atoms with Gasteiger partial charge >= 0.3 is 5.97 Å². The summed E-state index contributed by atoms with van der Waals surface area (Å²) in [6.07, 6.45) is 0.774. The van der Waals surface area contributed by atoms with Gasteiger partial charge in [-0.25, -0.2) is 9.18 Å². The van der Waals surface area contributed by atoms with E-state index in [1.165, 1.54) is 19.2 Å². The lowest BCUT2D eigenvalue weighted by atomic mass is 9.73. The smallest absolute Gasteiger partial charge is 0.340 e. The first kappa shape index (κ1) is 18.9. The second-order valence-electron chi connectivity index (χ2n) is 7.13. The van der Waals surface area contributed by atoms with Crippen molar-refractivity contribution in [2.75, 3.05) is 7.11 Å². The number of Topliss-reactive ketones (excluding diaryl/α,β-unsaturated/α-hetero) is 1.